The first-order chi connectivity index (χ1) is 11.5. The van der Waals surface area contributed by atoms with Crippen LogP contribution < -0.4 is 10.6 Å². The molecule has 0 bridgehead atoms. The second-order valence-corrected chi connectivity index (χ2v) is 7.04. The third-order valence-electron chi connectivity index (χ3n) is 3.07. The molecule has 1 aliphatic heterocycles. The van der Waals surface area contributed by atoms with Gasteiger partial charge < -0.3 is 9.73 Å². The highest BCUT2D eigenvalue weighted by Crippen LogP contribution is 2.29. The molecule has 1 aromatic carbocycles. The first kappa shape index (κ1) is 17.3. The Morgan fingerprint density at radius 2 is 2.08 bits per heavy atom. The van der Waals surface area contributed by atoms with Crippen molar-refractivity contribution in [2.24, 2.45) is 4.99 Å². The van der Waals surface area contributed by atoms with E-state index in [0.717, 1.165) is 17.9 Å². The highest BCUT2D eigenvalue weighted by atomic mass is 35.5. The predicted octanol–water partition coefficient (Wildman–Crippen LogP) is 3.96. The minimum Gasteiger partial charge on any atom is -0.451 e. The van der Waals surface area contributed by atoms with Crippen LogP contribution in [0.4, 0.5) is 0 Å². The van der Waals surface area contributed by atoms with E-state index in [-0.39, 0.29) is 10.9 Å². The molecular weight excluding hydrogens is 389 g/mol. The van der Waals surface area contributed by atoms with Crippen molar-refractivity contribution < 1.29 is 9.21 Å². The summed E-state index contributed by atoms with van der Waals surface area (Å²) in [6.07, 6.45) is 0. The van der Waals surface area contributed by atoms with Crippen LogP contribution in [0.25, 0.3) is 11.3 Å². The van der Waals surface area contributed by atoms with E-state index in [1.54, 1.807) is 42.1 Å². The molecule has 3 rings (SSSR count). The Hall–Kier alpha value is -1.54. The minimum atomic E-state index is -0.442. The molecule has 124 valence electrons. The molecule has 2 heterocycles. The van der Waals surface area contributed by atoms with Gasteiger partial charge in [0.05, 0.1) is 16.6 Å². The van der Waals surface area contributed by atoms with Crippen molar-refractivity contribution in [2.75, 3.05) is 12.3 Å². The average molecular weight is 400 g/mol. The van der Waals surface area contributed by atoms with Gasteiger partial charge in [-0.15, -0.1) is 0 Å². The van der Waals surface area contributed by atoms with E-state index in [1.807, 2.05) is 0 Å². The maximum absolute atomic E-state index is 12.2. The lowest BCUT2D eigenvalue weighted by Crippen LogP contribution is -2.40. The summed E-state index contributed by atoms with van der Waals surface area (Å²) in [6.45, 7) is 0.745. The van der Waals surface area contributed by atoms with Gasteiger partial charge in [-0.2, -0.15) is 0 Å². The monoisotopic (exact) mass is 399 g/mol. The van der Waals surface area contributed by atoms with Crippen LogP contribution in [0.15, 0.2) is 39.7 Å². The summed E-state index contributed by atoms with van der Waals surface area (Å²) in [7, 11) is 0. The number of hydrogen-bond acceptors (Lipinski definition) is 5. The number of thiocarbonyl (C=S) groups is 1. The average Bonchev–Trinajstić information content (AvgIpc) is 3.21. The zero-order valence-corrected chi connectivity index (χ0v) is 15.3. The molecule has 2 N–H and O–H groups in total. The van der Waals surface area contributed by atoms with E-state index in [4.69, 9.17) is 39.8 Å². The standard InChI is InChI=1S/C15H11Cl2N3O2S2/c16-9-2-1-8(7-10(9)17)11-3-4-12(22-11)13(21)19-14(23)20-15-18-5-6-24-15/h1-4,7H,5-6H2,(H2,18,19,20,21,23). The van der Waals surface area contributed by atoms with Gasteiger partial charge in [0.1, 0.15) is 5.76 Å². The van der Waals surface area contributed by atoms with Gasteiger partial charge in [0.2, 0.25) is 0 Å². The van der Waals surface area contributed by atoms with Crippen molar-refractivity contribution in [3.8, 4) is 11.3 Å². The topological polar surface area (TPSA) is 66.6 Å². The number of carbonyl (C=O) groups is 1. The Balaban J connectivity index is 1.66. The SMILES string of the molecule is O=C(NC(=S)NC1=NCCS1)c1ccc(-c2ccc(Cl)c(Cl)c2)o1. The molecule has 1 aliphatic rings. The van der Waals surface area contributed by atoms with Gasteiger partial charge in [0.15, 0.2) is 16.0 Å². The Bertz CT molecular complexity index is 836. The Morgan fingerprint density at radius 1 is 1.25 bits per heavy atom. The molecule has 1 amide bonds. The quantitative estimate of drug-likeness (QED) is 0.747. The number of nitrogens with one attached hydrogen (secondary N) is 2. The smallest absolute Gasteiger partial charge is 0.293 e. The summed E-state index contributed by atoms with van der Waals surface area (Å²) in [4.78, 5) is 16.4. The number of amidine groups is 1. The summed E-state index contributed by atoms with van der Waals surface area (Å²) in [5.41, 5.74) is 0.723. The van der Waals surface area contributed by atoms with Crippen LogP contribution in [0.5, 0.6) is 0 Å². The van der Waals surface area contributed by atoms with E-state index in [9.17, 15) is 4.79 Å². The van der Waals surface area contributed by atoms with Gasteiger partial charge in [-0.3, -0.25) is 15.1 Å². The van der Waals surface area contributed by atoms with Crippen molar-refractivity contribution in [3.05, 3.63) is 46.1 Å². The molecule has 24 heavy (non-hydrogen) atoms. The Labute approximate surface area is 157 Å². The molecular formula is C15H11Cl2N3O2S2. The maximum Gasteiger partial charge on any atom is 0.293 e. The van der Waals surface area contributed by atoms with Crippen molar-refractivity contribution >= 4 is 63.4 Å². The zero-order valence-electron chi connectivity index (χ0n) is 12.1. The van der Waals surface area contributed by atoms with Crippen molar-refractivity contribution in [3.63, 3.8) is 0 Å². The van der Waals surface area contributed by atoms with Crippen LogP contribution in [0.2, 0.25) is 10.0 Å². The fourth-order valence-electron chi connectivity index (χ4n) is 1.97. The highest BCUT2D eigenvalue weighted by Gasteiger charge is 2.16. The summed E-state index contributed by atoms with van der Waals surface area (Å²) in [5.74, 6) is 1.11. The number of rotatable bonds is 2. The normalized spacial score (nSPS) is 13.5. The largest absolute Gasteiger partial charge is 0.451 e. The number of amides is 1. The van der Waals surface area contributed by atoms with Crippen LogP contribution >= 0.6 is 47.2 Å². The van der Waals surface area contributed by atoms with E-state index < -0.39 is 5.91 Å². The summed E-state index contributed by atoms with van der Waals surface area (Å²) >= 11 is 18.5. The number of halogens is 2. The summed E-state index contributed by atoms with van der Waals surface area (Å²) in [5, 5.41) is 7.18. The lowest BCUT2D eigenvalue weighted by atomic mass is 10.2. The van der Waals surface area contributed by atoms with E-state index >= 15 is 0 Å². The number of nitrogens with zero attached hydrogens (tertiary/aromatic N) is 1. The summed E-state index contributed by atoms with van der Waals surface area (Å²) in [6, 6.07) is 8.35. The number of carbonyl (C=O) groups excluding carboxylic acids is 1. The van der Waals surface area contributed by atoms with E-state index in [2.05, 4.69) is 15.6 Å². The van der Waals surface area contributed by atoms with Crippen LogP contribution in [0, 0.1) is 0 Å². The van der Waals surface area contributed by atoms with Crippen molar-refractivity contribution in [1.82, 2.24) is 10.6 Å². The van der Waals surface area contributed by atoms with Gasteiger partial charge >= 0.3 is 0 Å². The number of furan rings is 1. The minimum absolute atomic E-state index is 0.140. The number of hydrogen-bond donors (Lipinski definition) is 2. The van der Waals surface area contributed by atoms with Crippen LogP contribution in [-0.2, 0) is 0 Å². The fraction of sp³-hybridized carbons (Fsp3) is 0.133. The predicted molar refractivity (Wildman–Crippen MR) is 102 cm³/mol. The molecule has 0 saturated carbocycles. The molecule has 5 nitrogen and oxygen atoms in total. The molecule has 2 aromatic rings. The third kappa shape index (κ3) is 4.10. The van der Waals surface area contributed by atoms with E-state index in [0.29, 0.717) is 21.0 Å². The summed E-state index contributed by atoms with van der Waals surface area (Å²) < 4.78 is 5.56. The highest BCUT2D eigenvalue weighted by molar-refractivity contribution is 8.14. The lowest BCUT2D eigenvalue weighted by Gasteiger charge is -2.07. The van der Waals surface area contributed by atoms with Gasteiger partial charge in [0.25, 0.3) is 5.91 Å². The van der Waals surface area contributed by atoms with Crippen molar-refractivity contribution in [2.45, 2.75) is 0 Å². The molecule has 1 aromatic heterocycles. The fourth-order valence-corrected chi connectivity index (χ4v) is 3.25. The maximum atomic E-state index is 12.2. The molecule has 0 fully saturated rings. The molecule has 0 saturated heterocycles. The Kier molecular flexibility index (Phi) is 5.45. The van der Waals surface area contributed by atoms with Crippen LogP contribution in [0.1, 0.15) is 10.6 Å². The number of aliphatic imine (C=N–C) groups is 1. The molecule has 0 atom stereocenters. The van der Waals surface area contributed by atoms with Gasteiger partial charge in [-0.25, -0.2) is 0 Å². The lowest BCUT2D eigenvalue weighted by molar-refractivity contribution is 0.0951. The van der Waals surface area contributed by atoms with Crippen molar-refractivity contribution in [1.29, 1.82) is 0 Å². The molecule has 9 heteroatoms. The second kappa shape index (κ2) is 7.57. The second-order valence-electron chi connectivity index (χ2n) is 4.74. The van der Waals surface area contributed by atoms with Gasteiger partial charge in [-0.1, -0.05) is 35.0 Å². The Morgan fingerprint density at radius 3 is 2.79 bits per heavy atom. The molecule has 0 spiro atoms. The molecule has 0 aliphatic carbocycles. The third-order valence-corrected chi connectivity index (χ3v) is 4.90. The molecule has 0 radical (unpaired) electrons. The van der Waals surface area contributed by atoms with Gasteiger partial charge in [-0.05, 0) is 42.5 Å². The number of benzene rings is 1. The van der Waals surface area contributed by atoms with E-state index in [1.165, 1.54) is 0 Å². The first-order valence-electron chi connectivity index (χ1n) is 6.88. The number of thioether (sulfide) groups is 1. The van der Waals surface area contributed by atoms with Crippen LogP contribution in [-0.4, -0.2) is 28.5 Å². The first-order valence-corrected chi connectivity index (χ1v) is 9.03. The van der Waals surface area contributed by atoms with Gasteiger partial charge in [0, 0.05) is 11.3 Å². The molecule has 0 unspecified atom stereocenters. The zero-order chi connectivity index (χ0) is 17.1. The van der Waals surface area contributed by atoms with Crippen LogP contribution in [0.3, 0.4) is 0 Å².